The maximum Gasteiger partial charge on any atom is 0.339 e. The van der Waals surface area contributed by atoms with E-state index in [-0.39, 0.29) is 11.3 Å². The van der Waals surface area contributed by atoms with Crippen LogP contribution in [0.3, 0.4) is 0 Å². The summed E-state index contributed by atoms with van der Waals surface area (Å²) in [5.41, 5.74) is -0.110. The Labute approximate surface area is 94.5 Å². The number of rotatable bonds is 6. The molecule has 88 valence electrons. The molecule has 0 unspecified atom stereocenters. The SMILES string of the molecule is CCCCCOc1ccc(C(=O)O)c(O)c1. The van der Waals surface area contributed by atoms with Gasteiger partial charge < -0.3 is 14.9 Å². The summed E-state index contributed by atoms with van der Waals surface area (Å²) >= 11 is 0. The Morgan fingerprint density at radius 3 is 2.69 bits per heavy atom. The lowest BCUT2D eigenvalue weighted by Crippen LogP contribution is -1.99. The first kappa shape index (κ1) is 12.4. The quantitative estimate of drug-likeness (QED) is 0.729. The van der Waals surface area contributed by atoms with Crippen LogP contribution < -0.4 is 4.74 Å². The molecule has 0 saturated heterocycles. The third-order valence-electron chi connectivity index (χ3n) is 2.22. The molecule has 0 aliphatic carbocycles. The third-order valence-corrected chi connectivity index (χ3v) is 2.22. The van der Waals surface area contributed by atoms with Gasteiger partial charge in [-0.05, 0) is 18.6 Å². The number of phenols is 1. The Hall–Kier alpha value is -1.71. The number of hydrogen-bond donors (Lipinski definition) is 2. The van der Waals surface area contributed by atoms with E-state index in [0.29, 0.717) is 12.4 Å². The highest BCUT2D eigenvalue weighted by molar-refractivity contribution is 5.90. The van der Waals surface area contributed by atoms with Crippen molar-refractivity contribution in [3.8, 4) is 11.5 Å². The van der Waals surface area contributed by atoms with Gasteiger partial charge in [-0.1, -0.05) is 19.8 Å². The van der Waals surface area contributed by atoms with Gasteiger partial charge >= 0.3 is 5.97 Å². The molecular formula is C12H16O4. The maximum atomic E-state index is 10.6. The van der Waals surface area contributed by atoms with Gasteiger partial charge in [-0.3, -0.25) is 0 Å². The van der Waals surface area contributed by atoms with Crippen LogP contribution in [0.1, 0.15) is 36.5 Å². The van der Waals surface area contributed by atoms with Crippen LogP contribution in [0.4, 0.5) is 0 Å². The number of carbonyl (C=O) groups is 1. The third kappa shape index (κ3) is 3.46. The fourth-order valence-electron chi connectivity index (χ4n) is 1.32. The topological polar surface area (TPSA) is 66.8 Å². The first-order valence-electron chi connectivity index (χ1n) is 5.34. The van der Waals surface area contributed by atoms with Crippen molar-refractivity contribution in [2.24, 2.45) is 0 Å². The van der Waals surface area contributed by atoms with E-state index in [0.717, 1.165) is 19.3 Å². The molecule has 0 aromatic heterocycles. The lowest BCUT2D eigenvalue weighted by molar-refractivity contribution is 0.0693. The van der Waals surface area contributed by atoms with Crippen LogP contribution in [-0.2, 0) is 0 Å². The molecule has 0 atom stereocenters. The number of ether oxygens (including phenoxy) is 1. The number of aromatic carboxylic acids is 1. The zero-order chi connectivity index (χ0) is 12.0. The van der Waals surface area contributed by atoms with E-state index < -0.39 is 5.97 Å². The second-order valence-corrected chi connectivity index (χ2v) is 3.54. The smallest absolute Gasteiger partial charge is 0.339 e. The van der Waals surface area contributed by atoms with Gasteiger partial charge in [0.15, 0.2) is 0 Å². The predicted molar refractivity (Wildman–Crippen MR) is 60.1 cm³/mol. The van der Waals surface area contributed by atoms with Gasteiger partial charge in [-0.15, -0.1) is 0 Å². The Kier molecular flexibility index (Phi) is 4.64. The van der Waals surface area contributed by atoms with Crippen LogP contribution in [0.15, 0.2) is 18.2 Å². The minimum atomic E-state index is -1.14. The van der Waals surface area contributed by atoms with Crippen molar-refractivity contribution in [1.82, 2.24) is 0 Å². The summed E-state index contributed by atoms with van der Waals surface area (Å²) in [5.74, 6) is -0.908. The Morgan fingerprint density at radius 2 is 2.12 bits per heavy atom. The highest BCUT2D eigenvalue weighted by Crippen LogP contribution is 2.23. The zero-order valence-corrected chi connectivity index (χ0v) is 9.27. The van der Waals surface area contributed by atoms with Crippen molar-refractivity contribution < 1.29 is 19.7 Å². The molecular weight excluding hydrogens is 208 g/mol. The normalized spacial score (nSPS) is 10.1. The highest BCUT2D eigenvalue weighted by atomic mass is 16.5. The number of carboxylic acid groups (broad SMARTS) is 1. The van der Waals surface area contributed by atoms with Crippen LogP contribution >= 0.6 is 0 Å². The largest absolute Gasteiger partial charge is 0.507 e. The number of benzene rings is 1. The maximum absolute atomic E-state index is 10.6. The fraction of sp³-hybridized carbons (Fsp3) is 0.417. The van der Waals surface area contributed by atoms with E-state index in [2.05, 4.69) is 6.92 Å². The van der Waals surface area contributed by atoms with E-state index in [1.165, 1.54) is 12.1 Å². The number of hydrogen-bond acceptors (Lipinski definition) is 3. The molecule has 1 aromatic rings. The number of aromatic hydroxyl groups is 1. The zero-order valence-electron chi connectivity index (χ0n) is 9.27. The first-order valence-corrected chi connectivity index (χ1v) is 5.34. The molecule has 0 spiro atoms. The van der Waals surface area contributed by atoms with Gasteiger partial charge in [-0.25, -0.2) is 4.79 Å². The van der Waals surface area contributed by atoms with Crippen LogP contribution in [0, 0.1) is 0 Å². The second kappa shape index (κ2) is 6.00. The Morgan fingerprint density at radius 1 is 1.38 bits per heavy atom. The van der Waals surface area contributed by atoms with E-state index in [1.807, 2.05) is 0 Å². The summed E-state index contributed by atoms with van der Waals surface area (Å²) in [7, 11) is 0. The lowest BCUT2D eigenvalue weighted by atomic mass is 10.2. The van der Waals surface area contributed by atoms with Crippen molar-refractivity contribution in [3.05, 3.63) is 23.8 Å². The van der Waals surface area contributed by atoms with Gasteiger partial charge in [0, 0.05) is 6.07 Å². The minimum Gasteiger partial charge on any atom is -0.507 e. The van der Waals surface area contributed by atoms with Crippen molar-refractivity contribution in [1.29, 1.82) is 0 Å². The molecule has 1 aromatic carbocycles. The van der Waals surface area contributed by atoms with Crippen molar-refractivity contribution in [2.75, 3.05) is 6.61 Å². The molecule has 0 aliphatic rings. The van der Waals surface area contributed by atoms with Crippen molar-refractivity contribution in [3.63, 3.8) is 0 Å². The average molecular weight is 224 g/mol. The molecule has 0 fully saturated rings. The molecule has 0 aliphatic heterocycles. The molecule has 0 amide bonds. The van der Waals surface area contributed by atoms with Crippen LogP contribution in [0.5, 0.6) is 11.5 Å². The monoisotopic (exact) mass is 224 g/mol. The molecule has 4 nitrogen and oxygen atoms in total. The summed E-state index contributed by atoms with van der Waals surface area (Å²) in [4.78, 5) is 10.6. The van der Waals surface area contributed by atoms with E-state index in [9.17, 15) is 9.90 Å². The fourth-order valence-corrected chi connectivity index (χ4v) is 1.32. The Balaban J connectivity index is 2.56. The van der Waals surface area contributed by atoms with E-state index >= 15 is 0 Å². The molecule has 0 radical (unpaired) electrons. The minimum absolute atomic E-state index is 0.110. The number of unbranched alkanes of at least 4 members (excludes halogenated alkanes) is 2. The second-order valence-electron chi connectivity index (χ2n) is 3.54. The van der Waals surface area contributed by atoms with E-state index in [1.54, 1.807) is 6.07 Å². The molecule has 1 rings (SSSR count). The van der Waals surface area contributed by atoms with E-state index in [4.69, 9.17) is 9.84 Å². The molecule has 0 bridgehead atoms. The van der Waals surface area contributed by atoms with Crippen LogP contribution in [0.25, 0.3) is 0 Å². The number of carboxylic acids is 1. The van der Waals surface area contributed by atoms with Gasteiger partial charge in [0.1, 0.15) is 17.1 Å². The van der Waals surface area contributed by atoms with Gasteiger partial charge in [0.2, 0.25) is 0 Å². The molecule has 0 heterocycles. The first-order chi connectivity index (χ1) is 7.65. The average Bonchev–Trinajstić information content (AvgIpc) is 2.24. The summed E-state index contributed by atoms with van der Waals surface area (Å²) in [6.45, 7) is 2.69. The van der Waals surface area contributed by atoms with Crippen molar-refractivity contribution >= 4 is 5.97 Å². The lowest BCUT2D eigenvalue weighted by Gasteiger charge is -2.07. The summed E-state index contributed by atoms with van der Waals surface area (Å²) in [5, 5.41) is 18.1. The van der Waals surface area contributed by atoms with Gasteiger partial charge in [0.25, 0.3) is 0 Å². The highest BCUT2D eigenvalue weighted by Gasteiger charge is 2.09. The molecule has 4 heteroatoms. The van der Waals surface area contributed by atoms with Crippen LogP contribution in [-0.4, -0.2) is 22.8 Å². The van der Waals surface area contributed by atoms with Gasteiger partial charge in [-0.2, -0.15) is 0 Å². The Bertz CT molecular complexity index is 360. The molecule has 2 N–H and O–H groups in total. The summed E-state index contributed by atoms with van der Waals surface area (Å²) in [6, 6.07) is 4.22. The summed E-state index contributed by atoms with van der Waals surface area (Å²) < 4.78 is 5.37. The molecule has 16 heavy (non-hydrogen) atoms. The molecule has 0 saturated carbocycles. The van der Waals surface area contributed by atoms with Gasteiger partial charge in [0.05, 0.1) is 6.61 Å². The van der Waals surface area contributed by atoms with Crippen molar-refractivity contribution in [2.45, 2.75) is 26.2 Å². The predicted octanol–water partition coefficient (Wildman–Crippen LogP) is 2.66. The van der Waals surface area contributed by atoms with Crippen LogP contribution in [0.2, 0.25) is 0 Å². The summed E-state index contributed by atoms with van der Waals surface area (Å²) in [6.07, 6.45) is 3.17. The standard InChI is InChI=1S/C12H16O4/c1-2-3-4-7-16-9-5-6-10(12(14)15)11(13)8-9/h5-6,8,13H,2-4,7H2,1H3,(H,14,15).